The molecule has 94 valence electrons. The summed E-state index contributed by atoms with van der Waals surface area (Å²) in [4.78, 5) is 11.5. The summed E-state index contributed by atoms with van der Waals surface area (Å²) < 4.78 is 10.2. The second-order valence-electron chi connectivity index (χ2n) is 3.46. The first-order chi connectivity index (χ1) is 7.99. The van der Waals surface area contributed by atoms with Crippen LogP contribution in [0.4, 0.5) is 5.69 Å². The molecule has 0 spiro atoms. The van der Waals surface area contributed by atoms with Crippen LogP contribution in [-0.2, 0) is 4.79 Å². The third-order valence-electron chi connectivity index (χ3n) is 2.14. The highest BCUT2D eigenvalue weighted by Gasteiger charge is 2.13. The predicted molar refractivity (Wildman–Crippen MR) is 66.8 cm³/mol. The topological polar surface area (TPSA) is 73.6 Å². The van der Waals surface area contributed by atoms with Crippen LogP contribution in [0, 0.1) is 0 Å². The Kier molecular flexibility index (Phi) is 4.60. The molecule has 0 aromatic heterocycles. The van der Waals surface area contributed by atoms with Gasteiger partial charge in [-0.2, -0.15) is 0 Å². The molecule has 0 aliphatic heterocycles. The highest BCUT2D eigenvalue weighted by molar-refractivity contribution is 6.34. The van der Waals surface area contributed by atoms with Gasteiger partial charge in [0.2, 0.25) is 5.91 Å². The van der Waals surface area contributed by atoms with Crippen molar-refractivity contribution in [3.8, 4) is 11.5 Å². The average Bonchev–Trinajstić information content (AvgIpc) is 2.30. The zero-order chi connectivity index (χ0) is 13.0. The maximum Gasteiger partial charge on any atom is 0.241 e. The molecule has 1 rings (SSSR count). The minimum atomic E-state index is -0.612. The highest BCUT2D eigenvalue weighted by atomic mass is 35.5. The molecule has 0 saturated carbocycles. The second-order valence-corrected chi connectivity index (χ2v) is 3.87. The van der Waals surface area contributed by atoms with E-state index in [0.717, 1.165) is 0 Å². The molecule has 1 amide bonds. The van der Waals surface area contributed by atoms with Gasteiger partial charge in [0.25, 0.3) is 0 Å². The van der Waals surface area contributed by atoms with Crippen molar-refractivity contribution >= 4 is 23.2 Å². The summed E-state index contributed by atoms with van der Waals surface area (Å²) in [5.41, 5.74) is 5.89. The standard InChI is InChI=1S/C11H15ClN2O3/c1-6(13)11(15)14-8-5-10(17-3)9(16-2)4-7(8)12/h4-6H,13H2,1-3H3,(H,14,15)/t6-/m1/s1. The number of benzene rings is 1. The van der Waals surface area contributed by atoms with Gasteiger partial charge in [-0.1, -0.05) is 11.6 Å². The van der Waals surface area contributed by atoms with Gasteiger partial charge in [-0.25, -0.2) is 0 Å². The van der Waals surface area contributed by atoms with Crippen molar-refractivity contribution in [3.63, 3.8) is 0 Å². The Morgan fingerprint density at radius 1 is 1.35 bits per heavy atom. The number of amides is 1. The number of nitrogens with two attached hydrogens (primary N) is 1. The zero-order valence-corrected chi connectivity index (χ0v) is 10.7. The number of hydrogen-bond acceptors (Lipinski definition) is 4. The van der Waals surface area contributed by atoms with Crippen LogP contribution in [0.1, 0.15) is 6.92 Å². The smallest absolute Gasteiger partial charge is 0.241 e. The third-order valence-corrected chi connectivity index (χ3v) is 2.46. The van der Waals surface area contributed by atoms with E-state index >= 15 is 0 Å². The van der Waals surface area contributed by atoms with Crippen LogP contribution in [0.5, 0.6) is 11.5 Å². The highest BCUT2D eigenvalue weighted by Crippen LogP contribution is 2.35. The van der Waals surface area contributed by atoms with E-state index in [9.17, 15) is 4.79 Å². The maximum absolute atomic E-state index is 11.5. The molecule has 0 saturated heterocycles. The number of anilines is 1. The van der Waals surface area contributed by atoms with Crippen LogP contribution >= 0.6 is 11.6 Å². The Morgan fingerprint density at radius 2 is 1.88 bits per heavy atom. The van der Waals surface area contributed by atoms with Crippen LogP contribution in [0.2, 0.25) is 5.02 Å². The number of carbonyl (C=O) groups is 1. The number of halogens is 1. The molecule has 6 heteroatoms. The first-order valence-electron chi connectivity index (χ1n) is 4.97. The van der Waals surface area contributed by atoms with E-state index in [4.69, 9.17) is 26.8 Å². The molecule has 0 aliphatic rings. The Balaban J connectivity index is 3.04. The van der Waals surface area contributed by atoms with Crippen molar-refractivity contribution in [2.24, 2.45) is 5.73 Å². The molecule has 1 aromatic carbocycles. The van der Waals surface area contributed by atoms with Gasteiger partial charge in [0.15, 0.2) is 11.5 Å². The monoisotopic (exact) mass is 258 g/mol. The Morgan fingerprint density at radius 3 is 2.35 bits per heavy atom. The van der Waals surface area contributed by atoms with Gasteiger partial charge in [0.05, 0.1) is 31.0 Å². The molecule has 3 N–H and O–H groups in total. The average molecular weight is 259 g/mol. The lowest BCUT2D eigenvalue weighted by molar-refractivity contribution is -0.117. The Labute approximate surface area is 105 Å². The van der Waals surface area contributed by atoms with Crippen molar-refractivity contribution in [1.29, 1.82) is 0 Å². The molecule has 0 unspecified atom stereocenters. The summed E-state index contributed by atoms with van der Waals surface area (Å²) in [7, 11) is 3.01. The molecule has 1 aromatic rings. The Bertz CT molecular complexity index is 421. The fourth-order valence-corrected chi connectivity index (χ4v) is 1.40. The summed E-state index contributed by atoms with van der Waals surface area (Å²) >= 11 is 5.99. The number of ether oxygens (including phenoxy) is 2. The molecular weight excluding hydrogens is 244 g/mol. The fourth-order valence-electron chi connectivity index (χ4n) is 1.20. The van der Waals surface area contributed by atoms with Crippen LogP contribution in [0.15, 0.2) is 12.1 Å². The summed E-state index contributed by atoms with van der Waals surface area (Å²) in [6.07, 6.45) is 0. The van der Waals surface area contributed by atoms with Gasteiger partial charge in [0, 0.05) is 12.1 Å². The molecule has 17 heavy (non-hydrogen) atoms. The van der Waals surface area contributed by atoms with Crippen LogP contribution < -0.4 is 20.5 Å². The number of hydrogen-bond donors (Lipinski definition) is 2. The number of methoxy groups -OCH3 is 2. The van der Waals surface area contributed by atoms with Crippen molar-refractivity contribution < 1.29 is 14.3 Å². The van der Waals surface area contributed by atoms with E-state index in [1.807, 2.05) is 0 Å². The molecule has 0 aliphatic carbocycles. The second kappa shape index (κ2) is 5.75. The van der Waals surface area contributed by atoms with Gasteiger partial charge in [0.1, 0.15) is 0 Å². The first kappa shape index (κ1) is 13.6. The van der Waals surface area contributed by atoms with Crippen LogP contribution in [-0.4, -0.2) is 26.2 Å². The number of carbonyl (C=O) groups excluding carboxylic acids is 1. The molecule has 0 radical (unpaired) electrons. The van der Waals surface area contributed by atoms with E-state index in [2.05, 4.69) is 5.32 Å². The molecule has 1 atom stereocenters. The van der Waals surface area contributed by atoms with Gasteiger partial charge < -0.3 is 20.5 Å². The quantitative estimate of drug-likeness (QED) is 0.861. The SMILES string of the molecule is COc1cc(Cl)c(NC(=O)[C@@H](C)N)cc1OC. The van der Waals surface area contributed by atoms with Gasteiger partial charge in [-0.3, -0.25) is 4.79 Å². The molecule has 0 bridgehead atoms. The first-order valence-corrected chi connectivity index (χ1v) is 5.35. The lowest BCUT2D eigenvalue weighted by Gasteiger charge is -2.13. The zero-order valence-electron chi connectivity index (χ0n) is 9.91. The van der Waals surface area contributed by atoms with Crippen molar-refractivity contribution in [3.05, 3.63) is 17.2 Å². The summed E-state index contributed by atoms with van der Waals surface area (Å²) in [5.74, 6) is 0.660. The minimum Gasteiger partial charge on any atom is -0.493 e. The van der Waals surface area contributed by atoms with Crippen molar-refractivity contribution in [1.82, 2.24) is 0 Å². The summed E-state index contributed by atoms with van der Waals surface area (Å²) in [6, 6.07) is 2.54. The van der Waals surface area contributed by atoms with Crippen molar-refractivity contribution in [2.45, 2.75) is 13.0 Å². The largest absolute Gasteiger partial charge is 0.493 e. The lowest BCUT2D eigenvalue weighted by atomic mass is 10.2. The normalized spacial score (nSPS) is 11.8. The van der Waals surface area contributed by atoms with E-state index in [0.29, 0.717) is 22.2 Å². The molecule has 0 heterocycles. The number of rotatable bonds is 4. The van der Waals surface area contributed by atoms with Crippen molar-refractivity contribution in [2.75, 3.05) is 19.5 Å². The van der Waals surface area contributed by atoms with Gasteiger partial charge in [-0.05, 0) is 6.92 Å². The Hall–Kier alpha value is -1.46. The molecular formula is C11H15ClN2O3. The van der Waals surface area contributed by atoms with E-state index < -0.39 is 6.04 Å². The third kappa shape index (κ3) is 3.25. The summed E-state index contributed by atoms with van der Waals surface area (Å²) in [6.45, 7) is 1.59. The van der Waals surface area contributed by atoms with Gasteiger partial charge >= 0.3 is 0 Å². The van der Waals surface area contributed by atoms with E-state index in [1.54, 1.807) is 19.1 Å². The minimum absolute atomic E-state index is 0.320. The number of nitrogens with one attached hydrogen (secondary N) is 1. The fraction of sp³-hybridized carbons (Fsp3) is 0.364. The van der Waals surface area contributed by atoms with Crippen LogP contribution in [0.25, 0.3) is 0 Å². The predicted octanol–water partition coefficient (Wildman–Crippen LogP) is 1.64. The van der Waals surface area contributed by atoms with E-state index in [1.165, 1.54) is 14.2 Å². The molecule has 0 fully saturated rings. The summed E-state index contributed by atoms with van der Waals surface area (Å²) in [5, 5.41) is 2.96. The lowest BCUT2D eigenvalue weighted by Crippen LogP contribution is -2.32. The van der Waals surface area contributed by atoms with E-state index in [-0.39, 0.29) is 5.91 Å². The van der Waals surface area contributed by atoms with Crippen LogP contribution in [0.3, 0.4) is 0 Å². The maximum atomic E-state index is 11.5. The molecule has 5 nitrogen and oxygen atoms in total. The van der Waals surface area contributed by atoms with Gasteiger partial charge in [-0.15, -0.1) is 0 Å².